The van der Waals surface area contributed by atoms with E-state index in [0.717, 1.165) is 25.7 Å². The number of hydrogen-bond donors (Lipinski definition) is 1. The Hall–Kier alpha value is -0.120. The van der Waals surface area contributed by atoms with Crippen LogP contribution in [0, 0.1) is 11.3 Å². The first-order valence-corrected chi connectivity index (χ1v) is 8.57. The first-order chi connectivity index (χ1) is 9.52. The minimum Gasteiger partial charge on any atom is -0.380 e. The fourth-order valence-electron chi connectivity index (χ4n) is 3.75. The Morgan fingerprint density at radius 1 is 1.15 bits per heavy atom. The van der Waals surface area contributed by atoms with Crippen molar-refractivity contribution < 1.29 is 4.74 Å². The van der Waals surface area contributed by atoms with Gasteiger partial charge in [0.1, 0.15) is 0 Å². The lowest BCUT2D eigenvalue weighted by Crippen LogP contribution is -2.57. The summed E-state index contributed by atoms with van der Waals surface area (Å²) >= 11 is 0. The molecule has 0 saturated carbocycles. The summed E-state index contributed by atoms with van der Waals surface area (Å²) in [5, 5.41) is 3.74. The van der Waals surface area contributed by atoms with Crippen LogP contribution in [-0.4, -0.2) is 49.8 Å². The lowest BCUT2D eigenvalue weighted by Gasteiger charge is -2.45. The van der Waals surface area contributed by atoms with E-state index in [1.54, 1.807) is 0 Å². The largest absolute Gasteiger partial charge is 0.380 e. The Labute approximate surface area is 125 Å². The molecule has 0 amide bonds. The molecule has 0 aromatic rings. The molecule has 0 aromatic carbocycles. The number of ether oxygens (including phenoxy) is 1. The van der Waals surface area contributed by atoms with E-state index in [2.05, 4.69) is 37.9 Å². The van der Waals surface area contributed by atoms with Crippen LogP contribution in [0.15, 0.2) is 0 Å². The summed E-state index contributed by atoms with van der Waals surface area (Å²) in [5.74, 6) is 0.880. The maximum absolute atomic E-state index is 5.76. The molecule has 20 heavy (non-hydrogen) atoms. The van der Waals surface area contributed by atoms with Gasteiger partial charge in [0.05, 0.1) is 6.61 Å². The Morgan fingerprint density at radius 2 is 1.85 bits per heavy atom. The molecule has 0 aliphatic carbocycles. The van der Waals surface area contributed by atoms with Crippen molar-refractivity contribution in [2.45, 2.75) is 65.5 Å². The van der Waals surface area contributed by atoms with Gasteiger partial charge in [-0.05, 0) is 56.7 Å². The molecule has 0 bridgehead atoms. The van der Waals surface area contributed by atoms with Crippen molar-refractivity contribution in [1.29, 1.82) is 0 Å². The number of rotatable bonds is 4. The van der Waals surface area contributed by atoms with Crippen LogP contribution in [0.5, 0.6) is 0 Å². The summed E-state index contributed by atoms with van der Waals surface area (Å²) in [6, 6.07) is 1.23. The molecule has 2 aliphatic heterocycles. The number of nitrogens with one attached hydrogen (secondary N) is 1. The molecule has 3 heteroatoms. The van der Waals surface area contributed by atoms with Crippen molar-refractivity contribution in [2.24, 2.45) is 11.3 Å². The molecule has 2 heterocycles. The van der Waals surface area contributed by atoms with Crippen LogP contribution in [0.4, 0.5) is 0 Å². The van der Waals surface area contributed by atoms with E-state index in [-0.39, 0.29) is 0 Å². The zero-order chi connectivity index (χ0) is 14.6. The second-order valence-corrected chi connectivity index (χ2v) is 7.67. The van der Waals surface area contributed by atoms with E-state index in [9.17, 15) is 0 Å². The number of nitrogens with zero attached hydrogens (tertiary/aromatic N) is 1. The number of hydrogen-bond acceptors (Lipinski definition) is 3. The van der Waals surface area contributed by atoms with Gasteiger partial charge in [0.2, 0.25) is 0 Å². The highest BCUT2D eigenvalue weighted by Crippen LogP contribution is 2.35. The van der Waals surface area contributed by atoms with Gasteiger partial charge in [0.25, 0.3) is 0 Å². The summed E-state index contributed by atoms with van der Waals surface area (Å²) in [6.07, 6.45) is 5.08. The predicted molar refractivity (Wildman–Crippen MR) is 85.1 cm³/mol. The lowest BCUT2D eigenvalue weighted by molar-refractivity contribution is -0.0219. The van der Waals surface area contributed by atoms with Gasteiger partial charge in [-0.1, -0.05) is 27.7 Å². The van der Waals surface area contributed by atoms with Gasteiger partial charge in [-0.2, -0.15) is 0 Å². The molecule has 2 aliphatic rings. The highest BCUT2D eigenvalue weighted by atomic mass is 16.5. The van der Waals surface area contributed by atoms with Gasteiger partial charge in [0, 0.05) is 18.7 Å². The third-order valence-electron chi connectivity index (χ3n) is 5.21. The smallest absolute Gasteiger partial charge is 0.0637 e. The molecular weight excluding hydrogens is 248 g/mol. The second-order valence-electron chi connectivity index (χ2n) is 7.67. The molecular formula is C17H34N2O. The van der Waals surface area contributed by atoms with Gasteiger partial charge in [0.15, 0.2) is 0 Å². The normalized spacial score (nSPS) is 30.6. The van der Waals surface area contributed by atoms with Crippen molar-refractivity contribution in [1.82, 2.24) is 10.2 Å². The van der Waals surface area contributed by atoms with Crippen LogP contribution >= 0.6 is 0 Å². The Bertz CT molecular complexity index is 279. The number of piperidine rings is 1. The first kappa shape index (κ1) is 16.3. The standard InChI is InChI=1S/C17H34N2O/c1-5-9-18-15-8-12-20-13-16(15)19-10-6-14(7-11-19)17(2,3)4/h14-16,18H,5-13H2,1-4H3. The van der Waals surface area contributed by atoms with Crippen molar-refractivity contribution in [3.05, 3.63) is 0 Å². The zero-order valence-corrected chi connectivity index (χ0v) is 14.0. The summed E-state index contributed by atoms with van der Waals surface area (Å²) < 4.78 is 5.76. The van der Waals surface area contributed by atoms with Crippen LogP contribution in [0.1, 0.15) is 53.4 Å². The van der Waals surface area contributed by atoms with Crippen molar-refractivity contribution >= 4 is 0 Å². The Kier molecular flexibility index (Phi) is 5.88. The molecule has 2 rings (SSSR count). The van der Waals surface area contributed by atoms with Gasteiger partial charge in [-0.15, -0.1) is 0 Å². The first-order valence-electron chi connectivity index (χ1n) is 8.57. The fourth-order valence-corrected chi connectivity index (χ4v) is 3.75. The summed E-state index contributed by atoms with van der Waals surface area (Å²) in [7, 11) is 0. The Morgan fingerprint density at radius 3 is 2.45 bits per heavy atom. The van der Waals surface area contributed by atoms with Crippen LogP contribution < -0.4 is 5.32 Å². The molecule has 0 aromatic heterocycles. The summed E-state index contributed by atoms with van der Waals surface area (Å²) in [5.41, 5.74) is 0.467. The minimum absolute atomic E-state index is 0.467. The highest BCUT2D eigenvalue weighted by Gasteiger charge is 2.35. The SMILES string of the molecule is CCCNC1CCOCC1N1CCC(C(C)(C)C)CC1. The van der Waals surface area contributed by atoms with E-state index in [1.165, 1.54) is 38.8 Å². The van der Waals surface area contributed by atoms with E-state index in [1.807, 2.05) is 0 Å². The van der Waals surface area contributed by atoms with Crippen LogP contribution in [0.25, 0.3) is 0 Å². The molecule has 3 nitrogen and oxygen atoms in total. The summed E-state index contributed by atoms with van der Waals surface area (Å²) in [6.45, 7) is 14.9. The minimum atomic E-state index is 0.467. The average molecular weight is 282 g/mol. The third-order valence-corrected chi connectivity index (χ3v) is 5.21. The van der Waals surface area contributed by atoms with E-state index < -0.39 is 0 Å². The van der Waals surface area contributed by atoms with E-state index >= 15 is 0 Å². The quantitative estimate of drug-likeness (QED) is 0.858. The molecule has 1 N–H and O–H groups in total. The van der Waals surface area contributed by atoms with Crippen molar-refractivity contribution in [3.8, 4) is 0 Å². The molecule has 0 spiro atoms. The Balaban J connectivity index is 1.87. The predicted octanol–water partition coefficient (Wildman–Crippen LogP) is 2.90. The topological polar surface area (TPSA) is 24.5 Å². The number of likely N-dealkylation sites (tertiary alicyclic amines) is 1. The van der Waals surface area contributed by atoms with E-state index in [4.69, 9.17) is 4.74 Å². The van der Waals surface area contributed by atoms with Crippen LogP contribution in [0.2, 0.25) is 0 Å². The highest BCUT2D eigenvalue weighted by molar-refractivity contribution is 4.91. The molecule has 2 fully saturated rings. The molecule has 118 valence electrons. The molecule has 0 radical (unpaired) electrons. The van der Waals surface area contributed by atoms with Gasteiger partial charge in [-0.25, -0.2) is 0 Å². The molecule has 2 saturated heterocycles. The lowest BCUT2D eigenvalue weighted by atomic mass is 9.75. The van der Waals surface area contributed by atoms with Gasteiger partial charge >= 0.3 is 0 Å². The molecule has 2 unspecified atom stereocenters. The van der Waals surface area contributed by atoms with Crippen LogP contribution in [0.3, 0.4) is 0 Å². The third kappa shape index (κ3) is 4.19. The van der Waals surface area contributed by atoms with Gasteiger partial charge < -0.3 is 10.1 Å². The van der Waals surface area contributed by atoms with E-state index in [0.29, 0.717) is 17.5 Å². The molecule has 2 atom stereocenters. The fraction of sp³-hybridized carbons (Fsp3) is 1.00. The maximum Gasteiger partial charge on any atom is 0.0637 e. The van der Waals surface area contributed by atoms with Crippen molar-refractivity contribution in [3.63, 3.8) is 0 Å². The van der Waals surface area contributed by atoms with Crippen LogP contribution in [-0.2, 0) is 4.74 Å². The maximum atomic E-state index is 5.76. The van der Waals surface area contributed by atoms with Gasteiger partial charge in [-0.3, -0.25) is 4.90 Å². The van der Waals surface area contributed by atoms with Crippen molar-refractivity contribution in [2.75, 3.05) is 32.8 Å². The second kappa shape index (κ2) is 7.24. The monoisotopic (exact) mass is 282 g/mol. The zero-order valence-electron chi connectivity index (χ0n) is 14.0. The average Bonchev–Trinajstić information content (AvgIpc) is 2.45. The summed E-state index contributed by atoms with van der Waals surface area (Å²) in [4.78, 5) is 2.69.